The van der Waals surface area contributed by atoms with Gasteiger partial charge in [0.25, 0.3) is 5.91 Å². The van der Waals surface area contributed by atoms with Crippen molar-refractivity contribution < 1.29 is 23.1 Å². The molecule has 1 atom stereocenters. The molecule has 2 aromatic carbocycles. The SMILES string of the molecule is COCCNC(=O)[C@H](c1ccco1)N(C(=O)Cn1nnc2ccccc21)c1ccccc1F. The van der Waals surface area contributed by atoms with Crippen LogP contribution in [0.1, 0.15) is 11.8 Å². The highest BCUT2D eigenvalue weighted by molar-refractivity contribution is 6.01. The molecule has 33 heavy (non-hydrogen) atoms. The molecular formula is C23H22FN5O4. The number of nitrogens with one attached hydrogen (secondary N) is 1. The van der Waals surface area contributed by atoms with E-state index < -0.39 is 23.7 Å². The molecule has 0 fully saturated rings. The molecule has 0 saturated carbocycles. The van der Waals surface area contributed by atoms with Crippen LogP contribution in [0, 0.1) is 5.82 Å². The maximum absolute atomic E-state index is 14.9. The summed E-state index contributed by atoms with van der Waals surface area (Å²) in [6.07, 6.45) is 1.39. The zero-order valence-corrected chi connectivity index (χ0v) is 17.8. The number of ether oxygens (including phenoxy) is 1. The van der Waals surface area contributed by atoms with Crippen LogP contribution in [0.4, 0.5) is 10.1 Å². The molecule has 2 amide bonds. The number of benzene rings is 2. The van der Waals surface area contributed by atoms with Gasteiger partial charge < -0.3 is 14.5 Å². The normalized spacial score (nSPS) is 11.9. The summed E-state index contributed by atoms with van der Waals surface area (Å²) >= 11 is 0. The van der Waals surface area contributed by atoms with E-state index >= 15 is 0 Å². The van der Waals surface area contributed by atoms with Crippen molar-refractivity contribution in [2.24, 2.45) is 0 Å². The number of halogens is 1. The van der Waals surface area contributed by atoms with Gasteiger partial charge in [0.1, 0.15) is 23.6 Å². The van der Waals surface area contributed by atoms with E-state index in [-0.39, 0.29) is 31.1 Å². The van der Waals surface area contributed by atoms with Crippen LogP contribution in [-0.2, 0) is 20.9 Å². The molecule has 10 heteroatoms. The van der Waals surface area contributed by atoms with Crippen LogP contribution in [0.5, 0.6) is 0 Å². The van der Waals surface area contributed by atoms with Crippen molar-refractivity contribution in [3.63, 3.8) is 0 Å². The van der Waals surface area contributed by atoms with Gasteiger partial charge in [0.05, 0.1) is 24.1 Å². The van der Waals surface area contributed by atoms with Crippen molar-refractivity contribution in [3.05, 3.63) is 78.5 Å². The largest absolute Gasteiger partial charge is 0.467 e. The standard InChI is InChI=1S/C23H22FN5O4/c1-32-14-12-25-23(31)22(20-11-6-13-33-20)29(18-9-4-2-7-16(18)24)21(30)15-28-19-10-5-3-8-17(19)26-27-28/h2-11,13,22H,12,14-15H2,1H3,(H,25,31)/t22-/m0/s1. The number of nitrogens with zero attached hydrogens (tertiary/aromatic N) is 4. The van der Waals surface area contributed by atoms with Crippen LogP contribution in [0.15, 0.2) is 71.3 Å². The Morgan fingerprint density at radius 2 is 1.94 bits per heavy atom. The Hall–Kier alpha value is -4.05. The Morgan fingerprint density at radius 3 is 2.70 bits per heavy atom. The van der Waals surface area contributed by atoms with Crippen LogP contribution in [0.25, 0.3) is 11.0 Å². The summed E-state index contributed by atoms with van der Waals surface area (Å²) in [6.45, 7) is 0.214. The van der Waals surface area contributed by atoms with E-state index in [9.17, 15) is 14.0 Å². The molecule has 0 unspecified atom stereocenters. The summed E-state index contributed by atoms with van der Waals surface area (Å²) in [5, 5.41) is 10.8. The molecule has 4 aromatic rings. The zero-order chi connectivity index (χ0) is 23.2. The number of furan rings is 1. The van der Waals surface area contributed by atoms with Gasteiger partial charge in [-0.05, 0) is 36.4 Å². The lowest BCUT2D eigenvalue weighted by Gasteiger charge is -2.30. The summed E-state index contributed by atoms with van der Waals surface area (Å²) in [6, 6.07) is 14.8. The molecule has 0 spiro atoms. The summed E-state index contributed by atoms with van der Waals surface area (Å²) in [5.41, 5.74) is 1.19. The number of hydrogen-bond acceptors (Lipinski definition) is 6. The molecule has 4 rings (SSSR count). The summed E-state index contributed by atoms with van der Waals surface area (Å²) in [5.74, 6) is -1.58. The van der Waals surface area contributed by atoms with Gasteiger partial charge in [-0.1, -0.05) is 29.5 Å². The predicted molar refractivity (Wildman–Crippen MR) is 118 cm³/mol. The second-order valence-electron chi connectivity index (χ2n) is 7.15. The number of para-hydroxylation sites is 2. The Labute approximate surface area is 188 Å². The number of aromatic nitrogens is 3. The fourth-order valence-electron chi connectivity index (χ4n) is 3.50. The molecule has 0 aliphatic rings. The van der Waals surface area contributed by atoms with E-state index in [1.54, 1.807) is 36.4 Å². The third-order valence-corrected chi connectivity index (χ3v) is 5.01. The quantitative estimate of drug-likeness (QED) is 0.393. The van der Waals surface area contributed by atoms with Crippen LogP contribution in [0.3, 0.4) is 0 Å². The third-order valence-electron chi connectivity index (χ3n) is 5.01. The fraction of sp³-hybridized carbons (Fsp3) is 0.217. The van der Waals surface area contributed by atoms with Gasteiger partial charge in [-0.3, -0.25) is 14.5 Å². The molecule has 170 valence electrons. The number of rotatable bonds is 9. The van der Waals surface area contributed by atoms with E-state index in [0.717, 1.165) is 4.90 Å². The molecule has 1 N–H and O–H groups in total. The second-order valence-corrected chi connectivity index (χ2v) is 7.15. The Bertz CT molecular complexity index is 1240. The zero-order valence-electron chi connectivity index (χ0n) is 17.8. The van der Waals surface area contributed by atoms with Gasteiger partial charge in [0.2, 0.25) is 5.91 Å². The molecule has 2 heterocycles. The number of carbonyl (C=O) groups excluding carboxylic acids is 2. The highest BCUT2D eigenvalue weighted by atomic mass is 19.1. The molecule has 0 aliphatic heterocycles. The third kappa shape index (κ3) is 4.75. The molecule has 0 saturated heterocycles. The number of amides is 2. The number of fused-ring (bicyclic) bond motifs is 1. The minimum absolute atomic E-state index is 0.0600. The molecule has 0 radical (unpaired) electrons. The van der Waals surface area contributed by atoms with Crippen LogP contribution in [0.2, 0.25) is 0 Å². The average Bonchev–Trinajstić information content (AvgIpc) is 3.49. The first kappa shape index (κ1) is 22.2. The molecule has 2 aromatic heterocycles. The van der Waals surface area contributed by atoms with Crippen molar-refractivity contribution in [2.75, 3.05) is 25.2 Å². The number of methoxy groups -OCH3 is 1. The minimum Gasteiger partial charge on any atom is -0.467 e. The number of hydrogen-bond donors (Lipinski definition) is 1. The van der Waals surface area contributed by atoms with E-state index in [1.165, 1.54) is 36.3 Å². The number of anilines is 1. The highest BCUT2D eigenvalue weighted by Gasteiger charge is 2.36. The van der Waals surface area contributed by atoms with Crippen molar-refractivity contribution in [1.82, 2.24) is 20.3 Å². The molecule has 0 bridgehead atoms. The highest BCUT2D eigenvalue weighted by Crippen LogP contribution is 2.31. The van der Waals surface area contributed by atoms with Gasteiger partial charge in [-0.2, -0.15) is 0 Å². The van der Waals surface area contributed by atoms with E-state index in [1.807, 2.05) is 6.07 Å². The summed E-state index contributed by atoms with van der Waals surface area (Å²) < 4.78 is 26.8. The topological polar surface area (TPSA) is 102 Å². The first-order chi connectivity index (χ1) is 16.1. The van der Waals surface area contributed by atoms with Gasteiger partial charge in [0.15, 0.2) is 6.04 Å². The first-order valence-corrected chi connectivity index (χ1v) is 10.2. The van der Waals surface area contributed by atoms with Crippen LogP contribution in [-0.4, -0.2) is 47.1 Å². The first-order valence-electron chi connectivity index (χ1n) is 10.2. The van der Waals surface area contributed by atoms with Gasteiger partial charge >= 0.3 is 0 Å². The van der Waals surface area contributed by atoms with Crippen LogP contribution < -0.4 is 10.2 Å². The van der Waals surface area contributed by atoms with Crippen molar-refractivity contribution >= 4 is 28.5 Å². The van der Waals surface area contributed by atoms with Crippen molar-refractivity contribution in [3.8, 4) is 0 Å². The molecule has 9 nitrogen and oxygen atoms in total. The lowest BCUT2D eigenvalue weighted by atomic mass is 10.1. The Kier molecular flexibility index (Phi) is 6.75. The van der Waals surface area contributed by atoms with Gasteiger partial charge in [0, 0.05) is 13.7 Å². The van der Waals surface area contributed by atoms with Crippen molar-refractivity contribution in [1.29, 1.82) is 0 Å². The minimum atomic E-state index is -1.25. The fourth-order valence-corrected chi connectivity index (χ4v) is 3.50. The van der Waals surface area contributed by atoms with E-state index in [0.29, 0.717) is 11.0 Å². The van der Waals surface area contributed by atoms with Gasteiger partial charge in [-0.15, -0.1) is 5.10 Å². The lowest BCUT2D eigenvalue weighted by Crippen LogP contribution is -2.46. The molecule has 0 aliphatic carbocycles. The summed E-state index contributed by atoms with van der Waals surface area (Å²) in [7, 11) is 1.51. The van der Waals surface area contributed by atoms with Crippen molar-refractivity contribution in [2.45, 2.75) is 12.6 Å². The maximum Gasteiger partial charge on any atom is 0.251 e. The molecular weight excluding hydrogens is 429 g/mol. The Balaban J connectivity index is 1.75. The second kappa shape index (κ2) is 10.0. The number of carbonyl (C=O) groups is 2. The summed E-state index contributed by atoms with van der Waals surface area (Å²) in [4.78, 5) is 27.9. The van der Waals surface area contributed by atoms with Gasteiger partial charge in [-0.25, -0.2) is 9.07 Å². The lowest BCUT2D eigenvalue weighted by molar-refractivity contribution is -0.127. The Morgan fingerprint density at radius 1 is 1.15 bits per heavy atom. The van der Waals surface area contributed by atoms with E-state index in [2.05, 4.69) is 15.6 Å². The monoisotopic (exact) mass is 451 g/mol. The smallest absolute Gasteiger partial charge is 0.251 e. The van der Waals surface area contributed by atoms with Crippen LogP contribution >= 0.6 is 0 Å². The maximum atomic E-state index is 14.9. The predicted octanol–water partition coefficient (Wildman–Crippen LogP) is 2.70. The average molecular weight is 451 g/mol. The van der Waals surface area contributed by atoms with E-state index in [4.69, 9.17) is 9.15 Å².